The molecule has 1 aromatic heterocycles. The van der Waals surface area contributed by atoms with E-state index in [4.69, 9.17) is 15.0 Å². The van der Waals surface area contributed by atoms with Crippen molar-refractivity contribution < 1.29 is 14.4 Å². The molecule has 0 spiro atoms. The summed E-state index contributed by atoms with van der Waals surface area (Å²) in [5.41, 5.74) is 6.57. The molecule has 0 saturated heterocycles. The molecule has 0 amide bonds. The maximum atomic E-state index is 9.38. The number of nitrogens with two attached hydrogens (primary N) is 1. The van der Waals surface area contributed by atoms with Crippen LogP contribution in [-0.4, -0.2) is 21.9 Å². The molecule has 6 heteroatoms. The highest BCUT2D eigenvalue weighted by Crippen LogP contribution is 2.28. The molecule has 0 fully saturated rings. The van der Waals surface area contributed by atoms with Crippen LogP contribution in [0, 0.1) is 0 Å². The van der Waals surface area contributed by atoms with E-state index in [1.54, 1.807) is 12.1 Å². The van der Waals surface area contributed by atoms with Crippen LogP contribution in [0.4, 0.5) is 5.69 Å². The fourth-order valence-electron chi connectivity index (χ4n) is 1.75. The molecule has 0 radical (unpaired) electrons. The zero-order valence-electron chi connectivity index (χ0n) is 11.0. The molecule has 0 saturated carbocycles. The zero-order chi connectivity index (χ0) is 13.8. The summed E-state index contributed by atoms with van der Waals surface area (Å²) in [5.74, 6) is 0.912. The minimum atomic E-state index is -0.169. The van der Waals surface area contributed by atoms with Gasteiger partial charge in [-0.05, 0) is 31.5 Å². The molecule has 1 aromatic carbocycles. The summed E-state index contributed by atoms with van der Waals surface area (Å²) >= 11 is 0. The van der Waals surface area contributed by atoms with Crippen molar-refractivity contribution in [1.29, 1.82) is 0 Å². The first-order valence-corrected chi connectivity index (χ1v) is 6.19. The first kappa shape index (κ1) is 13.4. The summed E-state index contributed by atoms with van der Waals surface area (Å²) in [6.07, 6.45) is 0.599. The minimum Gasteiger partial charge on any atom is -0.506 e. The number of aromatic nitrogens is 2. The van der Waals surface area contributed by atoms with Crippen molar-refractivity contribution in [3.63, 3.8) is 0 Å². The summed E-state index contributed by atoms with van der Waals surface area (Å²) in [7, 11) is 0. The molecule has 1 heterocycles. The van der Waals surface area contributed by atoms with Crippen LogP contribution >= 0.6 is 0 Å². The van der Waals surface area contributed by atoms with E-state index in [1.165, 1.54) is 6.07 Å². The van der Waals surface area contributed by atoms with Gasteiger partial charge in [0.05, 0.1) is 5.69 Å². The molecular weight excluding hydrogens is 246 g/mol. The summed E-state index contributed by atoms with van der Waals surface area (Å²) < 4.78 is 10.7. The second-order valence-corrected chi connectivity index (χ2v) is 4.08. The Bertz CT molecular complexity index is 554. The monoisotopic (exact) mass is 263 g/mol. The average Bonchev–Trinajstić information content (AvgIpc) is 2.88. The van der Waals surface area contributed by atoms with Crippen molar-refractivity contribution in [1.82, 2.24) is 10.1 Å². The van der Waals surface area contributed by atoms with Gasteiger partial charge >= 0.3 is 0 Å². The lowest BCUT2D eigenvalue weighted by Gasteiger charge is -2.09. The predicted octanol–water partition coefficient (Wildman–Crippen LogP) is 2.51. The number of benzene rings is 1. The average molecular weight is 263 g/mol. The molecule has 3 N–H and O–H groups in total. The minimum absolute atomic E-state index is 0.0317. The van der Waals surface area contributed by atoms with E-state index in [0.717, 1.165) is 6.42 Å². The molecule has 102 valence electrons. The quantitative estimate of drug-likeness (QED) is 0.635. The molecule has 1 unspecified atom stereocenters. The normalized spacial score (nSPS) is 12.5. The number of anilines is 1. The Labute approximate surface area is 111 Å². The molecule has 0 aliphatic carbocycles. The Hall–Kier alpha value is -2.08. The van der Waals surface area contributed by atoms with Gasteiger partial charge in [-0.15, -0.1) is 0 Å². The second kappa shape index (κ2) is 5.71. The van der Waals surface area contributed by atoms with Gasteiger partial charge in [-0.25, -0.2) is 0 Å². The van der Waals surface area contributed by atoms with Gasteiger partial charge in [-0.1, -0.05) is 12.1 Å². The van der Waals surface area contributed by atoms with Crippen LogP contribution in [0.5, 0.6) is 5.75 Å². The van der Waals surface area contributed by atoms with Gasteiger partial charge in [-0.3, -0.25) is 0 Å². The molecule has 19 heavy (non-hydrogen) atoms. The van der Waals surface area contributed by atoms with Gasteiger partial charge in [0.2, 0.25) is 5.82 Å². The topological polar surface area (TPSA) is 94.4 Å². The second-order valence-electron chi connectivity index (χ2n) is 4.08. The maximum absolute atomic E-state index is 9.38. The van der Waals surface area contributed by atoms with Crippen molar-refractivity contribution in [2.24, 2.45) is 0 Å². The number of hydrogen-bond donors (Lipinski definition) is 2. The predicted molar refractivity (Wildman–Crippen MR) is 70.5 cm³/mol. The van der Waals surface area contributed by atoms with E-state index < -0.39 is 0 Å². The Kier molecular flexibility index (Phi) is 4.01. The Morgan fingerprint density at radius 2 is 2.21 bits per heavy atom. The summed E-state index contributed by atoms with van der Waals surface area (Å²) in [4.78, 5) is 4.30. The lowest BCUT2D eigenvalue weighted by Crippen LogP contribution is -2.04. The lowest BCUT2D eigenvalue weighted by molar-refractivity contribution is 0.0518. The standard InChI is InChI=1S/C13H17N3O3/c1-3-11(18-4-2)12-15-13(19-16-12)8-5-6-10(17)9(14)7-8/h5-7,11,17H,3-4,14H2,1-2H3. The Balaban J connectivity index is 2.27. The maximum Gasteiger partial charge on any atom is 0.258 e. The van der Waals surface area contributed by atoms with Crippen LogP contribution in [-0.2, 0) is 4.74 Å². The third kappa shape index (κ3) is 2.85. The van der Waals surface area contributed by atoms with Crippen molar-refractivity contribution in [3.05, 3.63) is 24.0 Å². The van der Waals surface area contributed by atoms with E-state index in [0.29, 0.717) is 23.9 Å². The van der Waals surface area contributed by atoms with Crippen molar-refractivity contribution in [2.75, 3.05) is 12.3 Å². The number of aromatic hydroxyl groups is 1. The number of phenols is 1. The van der Waals surface area contributed by atoms with Crippen LogP contribution in [0.1, 0.15) is 32.2 Å². The number of ether oxygens (including phenoxy) is 1. The molecule has 0 aliphatic heterocycles. The summed E-state index contributed by atoms with van der Waals surface area (Å²) in [5, 5.41) is 13.3. The van der Waals surface area contributed by atoms with Crippen LogP contribution < -0.4 is 5.73 Å². The summed E-state index contributed by atoms with van der Waals surface area (Å²) in [6.45, 7) is 4.51. The van der Waals surface area contributed by atoms with Crippen molar-refractivity contribution >= 4 is 5.69 Å². The number of phenolic OH excluding ortho intramolecular Hbond substituents is 1. The number of hydrogen-bond acceptors (Lipinski definition) is 6. The smallest absolute Gasteiger partial charge is 0.258 e. The third-order valence-corrected chi connectivity index (χ3v) is 2.74. The molecule has 0 bridgehead atoms. The van der Waals surface area contributed by atoms with Crippen molar-refractivity contribution in [3.8, 4) is 17.2 Å². The first-order valence-electron chi connectivity index (χ1n) is 6.19. The van der Waals surface area contributed by atoms with Gasteiger partial charge in [0.1, 0.15) is 11.9 Å². The molecule has 2 aromatic rings. The molecular formula is C13H17N3O3. The van der Waals surface area contributed by atoms with Gasteiger partial charge in [0, 0.05) is 12.2 Å². The molecule has 6 nitrogen and oxygen atoms in total. The summed E-state index contributed by atoms with van der Waals surface area (Å²) in [6, 6.07) is 4.76. The van der Waals surface area contributed by atoms with Gasteiger partial charge in [-0.2, -0.15) is 4.98 Å². The van der Waals surface area contributed by atoms with E-state index in [1.807, 2.05) is 13.8 Å². The third-order valence-electron chi connectivity index (χ3n) is 2.74. The zero-order valence-corrected chi connectivity index (χ0v) is 11.0. The Morgan fingerprint density at radius 1 is 1.42 bits per heavy atom. The lowest BCUT2D eigenvalue weighted by atomic mass is 10.2. The highest BCUT2D eigenvalue weighted by Gasteiger charge is 2.17. The van der Waals surface area contributed by atoms with Gasteiger partial charge < -0.3 is 20.1 Å². The van der Waals surface area contributed by atoms with E-state index >= 15 is 0 Å². The van der Waals surface area contributed by atoms with Crippen LogP contribution in [0.25, 0.3) is 11.5 Å². The van der Waals surface area contributed by atoms with E-state index in [2.05, 4.69) is 10.1 Å². The largest absolute Gasteiger partial charge is 0.506 e. The fraction of sp³-hybridized carbons (Fsp3) is 0.385. The number of rotatable bonds is 5. The van der Waals surface area contributed by atoms with Gasteiger partial charge in [0.15, 0.2) is 0 Å². The molecule has 1 atom stereocenters. The van der Waals surface area contributed by atoms with Gasteiger partial charge in [0.25, 0.3) is 5.89 Å². The van der Waals surface area contributed by atoms with Crippen molar-refractivity contribution in [2.45, 2.75) is 26.4 Å². The first-order chi connectivity index (χ1) is 9.15. The molecule has 0 aliphatic rings. The highest BCUT2D eigenvalue weighted by molar-refractivity contribution is 5.64. The molecule has 2 rings (SSSR count). The number of nitrogens with zero attached hydrogens (tertiary/aromatic N) is 2. The van der Waals surface area contributed by atoms with Crippen LogP contribution in [0.3, 0.4) is 0 Å². The van der Waals surface area contributed by atoms with Crippen LogP contribution in [0.15, 0.2) is 22.7 Å². The van der Waals surface area contributed by atoms with E-state index in [-0.39, 0.29) is 17.5 Å². The fourth-order valence-corrected chi connectivity index (χ4v) is 1.75. The van der Waals surface area contributed by atoms with E-state index in [9.17, 15) is 5.11 Å². The highest BCUT2D eigenvalue weighted by atomic mass is 16.5. The Morgan fingerprint density at radius 3 is 2.84 bits per heavy atom. The van der Waals surface area contributed by atoms with Crippen LogP contribution in [0.2, 0.25) is 0 Å². The number of nitrogen functional groups attached to an aromatic ring is 1. The SMILES string of the molecule is CCOC(CC)c1noc(-c2ccc(O)c(N)c2)n1.